The standard InChI is InChI=1S/C10H15NO5S/c1-2-17(14,15)4-3-11-6-9-5-8(7-16-9)10(12)13/h5,7,11H,2-4,6H2,1H3,(H,12,13). The summed E-state index contributed by atoms with van der Waals surface area (Å²) >= 11 is 0. The van der Waals surface area contributed by atoms with Crippen LogP contribution in [0.5, 0.6) is 0 Å². The zero-order chi connectivity index (χ0) is 12.9. The second kappa shape index (κ2) is 5.83. The van der Waals surface area contributed by atoms with Gasteiger partial charge in [-0.2, -0.15) is 0 Å². The van der Waals surface area contributed by atoms with E-state index in [1.165, 1.54) is 6.07 Å². The number of carboxylic acids is 1. The van der Waals surface area contributed by atoms with Gasteiger partial charge in [0.15, 0.2) is 9.84 Å². The molecule has 2 N–H and O–H groups in total. The van der Waals surface area contributed by atoms with Gasteiger partial charge in [-0.15, -0.1) is 0 Å². The molecular formula is C10H15NO5S. The number of hydrogen-bond donors (Lipinski definition) is 2. The largest absolute Gasteiger partial charge is 0.478 e. The Morgan fingerprint density at radius 2 is 2.24 bits per heavy atom. The van der Waals surface area contributed by atoms with E-state index < -0.39 is 15.8 Å². The van der Waals surface area contributed by atoms with Crippen molar-refractivity contribution in [3.8, 4) is 0 Å². The van der Waals surface area contributed by atoms with Crippen LogP contribution in [0, 0.1) is 0 Å². The van der Waals surface area contributed by atoms with E-state index in [4.69, 9.17) is 9.52 Å². The van der Waals surface area contributed by atoms with Gasteiger partial charge in [0, 0.05) is 12.3 Å². The molecule has 0 atom stereocenters. The summed E-state index contributed by atoms with van der Waals surface area (Å²) in [5.74, 6) is -0.390. The number of furan rings is 1. The minimum atomic E-state index is -2.97. The van der Waals surface area contributed by atoms with Crippen LogP contribution in [0.4, 0.5) is 0 Å². The van der Waals surface area contributed by atoms with Gasteiger partial charge in [-0.05, 0) is 6.07 Å². The molecule has 0 saturated carbocycles. The molecule has 0 unspecified atom stereocenters. The fraction of sp³-hybridized carbons (Fsp3) is 0.500. The highest BCUT2D eigenvalue weighted by Crippen LogP contribution is 2.07. The number of rotatable bonds is 7. The topological polar surface area (TPSA) is 96.6 Å². The first kappa shape index (κ1) is 13.7. The smallest absolute Gasteiger partial charge is 0.338 e. The van der Waals surface area contributed by atoms with Crippen LogP contribution in [0.3, 0.4) is 0 Å². The van der Waals surface area contributed by atoms with Crippen molar-refractivity contribution in [2.24, 2.45) is 0 Å². The van der Waals surface area contributed by atoms with Crippen LogP contribution in [0.2, 0.25) is 0 Å². The second-order valence-electron chi connectivity index (χ2n) is 3.52. The molecular weight excluding hydrogens is 246 g/mol. The van der Waals surface area contributed by atoms with Gasteiger partial charge in [0.2, 0.25) is 0 Å². The molecule has 0 saturated heterocycles. The molecule has 0 amide bonds. The molecule has 1 rings (SSSR count). The summed E-state index contributed by atoms with van der Waals surface area (Å²) in [4.78, 5) is 10.6. The zero-order valence-electron chi connectivity index (χ0n) is 9.47. The molecule has 6 nitrogen and oxygen atoms in total. The highest BCUT2D eigenvalue weighted by atomic mass is 32.2. The van der Waals surface area contributed by atoms with Crippen LogP contribution in [-0.4, -0.2) is 37.5 Å². The zero-order valence-corrected chi connectivity index (χ0v) is 10.3. The van der Waals surface area contributed by atoms with Crippen LogP contribution >= 0.6 is 0 Å². The van der Waals surface area contributed by atoms with Gasteiger partial charge in [-0.3, -0.25) is 0 Å². The first-order valence-electron chi connectivity index (χ1n) is 5.16. The third-order valence-corrected chi connectivity index (χ3v) is 3.94. The van der Waals surface area contributed by atoms with Crippen LogP contribution < -0.4 is 5.32 Å². The predicted octanol–water partition coefficient (Wildman–Crippen LogP) is 0.502. The fourth-order valence-corrected chi connectivity index (χ4v) is 1.91. The number of carbonyl (C=O) groups is 1. The van der Waals surface area contributed by atoms with Gasteiger partial charge in [-0.25, -0.2) is 13.2 Å². The third-order valence-electron chi connectivity index (χ3n) is 2.23. The number of aromatic carboxylic acids is 1. The van der Waals surface area contributed by atoms with Crippen molar-refractivity contribution in [2.45, 2.75) is 13.5 Å². The van der Waals surface area contributed by atoms with Crippen molar-refractivity contribution >= 4 is 15.8 Å². The normalized spacial score (nSPS) is 11.6. The molecule has 0 aliphatic rings. The van der Waals surface area contributed by atoms with Crippen molar-refractivity contribution in [1.29, 1.82) is 0 Å². The second-order valence-corrected chi connectivity index (χ2v) is 5.99. The quantitative estimate of drug-likeness (QED) is 0.694. The molecule has 0 spiro atoms. The Hall–Kier alpha value is -1.34. The van der Waals surface area contributed by atoms with Gasteiger partial charge in [0.25, 0.3) is 0 Å². The Labute approximate surface area is 99.5 Å². The molecule has 96 valence electrons. The molecule has 1 heterocycles. The minimum Gasteiger partial charge on any atom is -0.478 e. The number of carboxylic acid groups (broad SMARTS) is 1. The lowest BCUT2D eigenvalue weighted by Gasteiger charge is -2.02. The first-order chi connectivity index (χ1) is 7.94. The van der Waals surface area contributed by atoms with Crippen molar-refractivity contribution in [3.05, 3.63) is 23.7 Å². The Kier molecular flexibility index (Phi) is 4.71. The van der Waals surface area contributed by atoms with Crippen LogP contribution in [0.25, 0.3) is 0 Å². The van der Waals surface area contributed by atoms with Gasteiger partial charge in [0.1, 0.15) is 12.0 Å². The van der Waals surface area contributed by atoms with E-state index in [0.29, 0.717) is 18.8 Å². The van der Waals surface area contributed by atoms with E-state index in [1.54, 1.807) is 6.92 Å². The number of hydrogen-bond acceptors (Lipinski definition) is 5. The summed E-state index contributed by atoms with van der Waals surface area (Å²) in [7, 11) is -2.97. The van der Waals surface area contributed by atoms with E-state index in [2.05, 4.69) is 5.32 Å². The van der Waals surface area contributed by atoms with Crippen molar-refractivity contribution in [3.63, 3.8) is 0 Å². The van der Waals surface area contributed by atoms with Crippen molar-refractivity contribution in [1.82, 2.24) is 5.32 Å². The van der Waals surface area contributed by atoms with Crippen LogP contribution in [-0.2, 0) is 16.4 Å². The van der Waals surface area contributed by atoms with Gasteiger partial charge < -0.3 is 14.8 Å². The maximum atomic E-state index is 11.2. The molecule has 0 aliphatic heterocycles. The molecule has 1 aromatic rings. The van der Waals surface area contributed by atoms with Crippen LogP contribution in [0.1, 0.15) is 23.0 Å². The maximum Gasteiger partial charge on any atom is 0.338 e. The number of sulfone groups is 1. The molecule has 0 fully saturated rings. The molecule has 0 aromatic carbocycles. The summed E-state index contributed by atoms with van der Waals surface area (Å²) in [6.07, 6.45) is 1.15. The summed E-state index contributed by atoms with van der Waals surface area (Å²) in [5.41, 5.74) is 0.0861. The van der Waals surface area contributed by atoms with E-state index in [0.717, 1.165) is 6.26 Å². The molecule has 17 heavy (non-hydrogen) atoms. The minimum absolute atomic E-state index is 0.0655. The van der Waals surface area contributed by atoms with Crippen LogP contribution in [0.15, 0.2) is 16.7 Å². The molecule has 0 aliphatic carbocycles. The summed E-state index contributed by atoms with van der Waals surface area (Å²) in [5, 5.41) is 11.5. The van der Waals surface area contributed by atoms with Gasteiger partial charge in [0.05, 0.1) is 17.9 Å². The van der Waals surface area contributed by atoms with Crippen molar-refractivity contribution in [2.75, 3.05) is 18.1 Å². The SMILES string of the molecule is CCS(=O)(=O)CCNCc1cc(C(=O)O)co1. The predicted molar refractivity (Wildman–Crippen MR) is 61.7 cm³/mol. The van der Waals surface area contributed by atoms with E-state index >= 15 is 0 Å². The van der Waals surface area contributed by atoms with E-state index in [9.17, 15) is 13.2 Å². The Morgan fingerprint density at radius 1 is 1.53 bits per heavy atom. The monoisotopic (exact) mass is 261 g/mol. The van der Waals surface area contributed by atoms with Gasteiger partial charge >= 0.3 is 5.97 Å². The van der Waals surface area contributed by atoms with E-state index in [1.807, 2.05) is 0 Å². The highest BCUT2D eigenvalue weighted by molar-refractivity contribution is 7.91. The lowest BCUT2D eigenvalue weighted by molar-refractivity contribution is 0.0696. The van der Waals surface area contributed by atoms with E-state index in [-0.39, 0.29) is 17.1 Å². The summed E-state index contributed by atoms with van der Waals surface area (Å²) in [6, 6.07) is 1.41. The third kappa shape index (κ3) is 4.58. The average Bonchev–Trinajstić information content (AvgIpc) is 2.73. The maximum absolute atomic E-state index is 11.2. The summed E-state index contributed by atoms with van der Waals surface area (Å²) in [6.45, 7) is 2.23. The lowest BCUT2D eigenvalue weighted by Crippen LogP contribution is -2.23. The van der Waals surface area contributed by atoms with Crippen molar-refractivity contribution < 1.29 is 22.7 Å². The van der Waals surface area contributed by atoms with Gasteiger partial charge in [-0.1, -0.05) is 6.92 Å². The Balaban J connectivity index is 2.34. The average molecular weight is 261 g/mol. The molecule has 0 radical (unpaired) electrons. The summed E-state index contributed by atoms with van der Waals surface area (Å²) < 4.78 is 27.3. The molecule has 1 aromatic heterocycles. The Morgan fingerprint density at radius 3 is 2.76 bits per heavy atom. The first-order valence-corrected chi connectivity index (χ1v) is 6.98. The Bertz CT molecular complexity index is 477. The highest BCUT2D eigenvalue weighted by Gasteiger charge is 2.09. The fourth-order valence-electron chi connectivity index (χ4n) is 1.17. The number of nitrogens with one attached hydrogen (secondary N) is 1. The lowest BCUT2D eigenvalue weighted by atomic mass is 10.3. The molecule has 7 heteroatoms. The molecule has 0 bridgehead atoms.